The molecule has 1 amide bonds. The molecule has 148 valence electrons. The van der Waals surface area contributed by atoms with Gasteiger partial charge in [-0.2, -0.15) is 0 Å². The Balaban J connectivity index is 0.00000131. The molecule has 7 heteroatoms. The van der Waals surface area contributed by atoms with Crippen molar-refractivity contribution in [3.63, 3.8) is 0 Å². The predicted molar refractivity (Wildman–Crippen MR) is 112 cm³/mol. The number of amides is 1. The van der Waals surface area contributed by atoms with E-state index < -0.39 is 0 Å². The predicted octanol–water partition coefficient (Wildman–Crippen LogP) is 3.81. The van der Waals surface area contributed by atoms with Gasteiger partial charge in [0.1, 0.15) is 0 Å². The highest BCUT2D eigenvalue weighted by Gasteiger charge is 2.38. The Morgan fingerprint density at radius 3 is 2.85 bits per heavy atom. The topological polar surface area (TPSA) is 59.0 Å². The second-order valence-corrected chi connectivity index (χ2v) is 7.40. The summed E-state index contributed by atoms with van der Waals surface area (Å²) in [7, 11) is 0. The molecular formula is C20H28Cl2N4O. The first-order valence-electron chi connectivity index (χ1n) is 9.35. The molecule has 4 unspecified atom stereocenters. The standard InChI is InChI=1S/C20H26N4O.2ClH/c1-14(15-6-4-7-17(11-15)24-10-9-21-13-24)22-20(25)19-12-16-5-2-3-8-18(16)23-19;;/h4,6-7,9-11,13-14,16,18-19,23H,2-3,5,8,12H2,1H3,(H,22,25);2*1H. The van der Waals surface area contributed by atoms with Crippen LogP contribution < -0.4 is 10.6 Å². The van der Waals surface area contributed by atoms with Crippen molar-refractivity contribution < 1.29 is 4.79 Å². The lowest BCUT2D eigenvalue weighted by Gasteiger charge is -2.24. The summed E-state index contributed by atoms with van der Waals surface area (Å²) < 4.78 is 1.97. The monoisotopic (exact) mass is 410 g/mol. The highest BCUT2D eigenvalue weighted by atomic mass is 35.5. The van der Waals surface area contributed by atoms with Gasteiger partial charge in [-0.25, -0.2) is 4.98 Å². The molecule has 27 heavy (non-hydrogen) atoms. The van der Waals surface area contributed by atoms with Crippen LogP contribution in [0, 0.1) is 5.92 Å². The molecule has 1 aromatic heterocycles. The first-order chi connectivity index (χ1) is 12.2. The molecule has 0 bridgehead atoms. The van der Waals surface area contributed by atoms with Crippen molar-refractivity contribution in [2.24, 2.45) is 5.92 Å². The van der Waals surface area contributed by atoms with Gasteiger partial charge >= 0.3 is 0 Å². The molecule has 2 N–H and O–H groups in total. The number of hydrogen-bond acceptors (Lipinski definition) is 3. The van der Waals surface area contributed by atoms with E-state index in [4.69, 9.17) is 0 Å². The molecular weight excluding hydrogens is 383 g/mol. The Bertz CT molecular complexity index is 723. The van der Waals surface area contributed by atoms with Gasteiger partial charge in [-0.1, -0.05) is 25.0 Å². The van der Waals surface area contributed by atoms with Gasteiger partial charge < -0.3 is 15.2 Å². The SMILES string of the molecule is CC(NC(=O)C1CC2CCCCC2N1)c1cccc(-n2ccnc2)c1.Cl.Cl. The number of imidazole rings is 1. The summed E-state index contributed by atoms with van der Waals surface area (Å²) in [5.74, 6) is 0.819. The maximum Gasteiger partial charge on any atom is 0.237 e. The van der Waals surface area contributed by atoms with Crippen LogP contribution in [-0.4, -0.2) is 27.5 Å². The molecule has 1 saturated heterocycles. The smallest absolute Gasteiger partial charge is 0.237 e. The quantitative estimate of drug-likeness (QED) is 0.805. The number of rotatable bonds is 4. The van der Waals surface area contributed by atoms with Crippen molar-refractivity contribution >= 4 is 30.7 Å². The first kappa shape index (κ1) is 21.7. The Hall–Kier alpha value is -1.56. The fraction of sp³-hybridized carbons (Fsp3) is 0.500. The molecule has 1 saturated carbocycles. The fourth-order valence-corrected chi connectivity index (χ4v) is 4.29. The van der Waals surface area contributed by atoms with Crippen molar-refractivity contribution in [3.8, 4) is 5.69 Å². The van der Waals surface area contributed by atoms with Crippen LogP contribution in [-0.2, 0) is 4.79 Å². The summed E-state index contributed by atoms with van der Waals surface area (Å²) in [5, 5.41) is 6.75. The zero-order chi connectivity index (χ0) is 17.2. The molecule has 1 aromatic carbocycles. The maximum absolute atomic E-state index is 12.7. The largest absolute Gasteiger partial charge is 0.348 e. The lowest BCUT2D eigenvalue weighted by atomic mass is 9.85. The molecule has 2 aromatic rings. The van der Waals surface area contributed by atoms with E-state index >= 15 is 0 Å². The Morgan fingerprint density at radius 1 is 1.30 bits per heavy atom. The van der Waals surface area contributed by atoms with Crippen molar-refractivity contribution in [2.45, 2.75) is 57.2 Å². The second-order valence-electron chi connectivity index (χ2n) is 7.40. The molecule has 2 heterocycles. The van der Waals surface area contributed by atoms with Crippen LogP contribution in [0.1, 0.15) is 50.6 Å². The molecule has 2 fully saturated rings. The lowest BCUT2D eigenvalue weighted by Crippen LogP contribution is -2.43. The third kappa shape index (κ3) is 4.84. The molecule has 5 nitrogen and oxygen atoms in total. The van der Waals surface area contributed by atoms with Gasteiger partial charge in [-0.15, -0.1) is 24.8 Å². The van der Waals surface area contributed by atoms with Crippen molar-refractivity contribution in [3.05, 3.63) is 48.5 Å². The molecule has 0 spiro atoms. The van der Waals surface area contributed by atoms with Gasteiger partial charge in [-0.3, -0.25) is 4.79 Å². The van der Waals surface area contributed by atoms with E-state index in [0.29, 0.717) is 12.0 Å². The average molecular weight is 411 g/mol. The van der Waals surface area contributed by atoms with E-state index in [2.05, 4.69) is 27.8 Å². The normalized spacial score (nSPS) is 24.9. The molecule has 1 aliphatic carbocycles. The highest BCUT2D eigenvalue weighted by molar-refractivity contribution is 5.85. The van der Waals surface area contributed by atoms with Crippen LogP contribution in [0.25, 0.3) is 5.69 Å². The molecule has 0 radical (unpaired) electrons. The van der Waals surface area contributed by atoms with E-state index in [0.717, 1.165) is 17.7 Å². The van der Waals surface area contributed by atoms with Crippen LogP contribution in [0.5, 0.6) is 0 Å². The number of nitrogens with one attached hydrogen (secondary N) is 2. The van der Waals surface area contributed by atoms with Crippen molar-refractivity contribution in [1.82, 2.24) is 20.2 Å². The van der Waals surface area contributed by atoms with Gasteiger partial charge in [0.15, 0.2) is 0 Å². The first-order valence-corrected chi connectivity index (χ1v) is 9.35. The summed E-state index contributed by atoms with van der Waals surface area (Å²) in [6, 6.07) is 8.73. The molecule has 2 aliphatic rings. The lowest BCUT2D eigenvalue weighted by molar-refractivity contribution is -0.123. The molecule has 4 rings (SSSR count). The summed E-state index contributed by atoms with van der Waals surface area (Å²) >= 11 is 0. The number of aromatic nitrogens is 2. The Labute approximate surface area is 173 Å². The minimum absolute atomic E-state index is 0. The number of carbonyl (C=O) groups is 1. The third-order valence-corrected chi connectivity index (χ3v) is 5.71. The van der Waals surface area contributed by atoms with Crippen LogP contribution in [0.15, 0.2) is 43.0 Å². The van der Waals surface area contributed by atoms with Crippen LogP contribution in [0.4, 0.5) is 0 Å². The van der Waals surface area contributed by atoms with E-state index in [1.807, 2.05) is 29.8 Å². The minimum atomic E-state index is -0.0348. The van der Waals surface area contributed by atoms with Crippen molar-refractivity contribution in [1.29, 1.82) is 0 Å². The molecule has 1 aliphatic heterocycles. The number of benzene rings is 1. The summed E-state index contributed by atoms with van der Waals surface area (Å²) in [4.78, 5) is 16.8. The molecule has 4 atom stereocenters. The van der Waals surface area contributed by atoms with Crippen LogP contribution in [0.3, 0.4) is 0 Å². The number of halogens is 2. The average Bonchev–Trinajstić information content (AvgIpc) is 3.31. The highest BCUT2D eigenvalue weighted by Crippen LogP contribution is 2.33. The minimum Gasteiger partial charge on any atom is -0.348 e. The maximum atomic E-state index is 12.7. The van der Waals surface area contributed by atoms with Crippen LogP contribution >= 0.6 is 24.8 Å². The van der Waals surface area contributed by atoms with E-state index in [9.17, 15) is 4.79 Å². The van der Waals surface area contributed by atoms with Gasteiger partial charge in [0, 0.05) is 24.1 Å². The fourth-order valence-electron chi connectivity index (χ4n) is 4.29. The van der Waals surface area contributed by atoms with E-state index in [-0.39, 0.29) is 42.8 Å². The number of hydrogen-bond donors (Lipinski definition) is 2. The van der Waals surface area contributed by atoms with Crippen LogP contribution in [0.2, 0.25) is 0 Å². The summed E-state index contributed by atoms with van der Waals surface area (Å²) in [6.45, 7) is 2.05. The summed E-state index contributed by atoms with van der Waals surface area (Å²) in [6.07, 6.45) is 11.6. The van der Waals surface area contributed by atoms with Gasteiger partial charge in [0.05, 0.1) is 18.4 Å². The third-order valence-electron chi connectivity index (χ3n) is 5.71. The number of carbonyl (C=O) groups excluding carboxylic acids is 1. The summed E-state index contributed by atoms with van der Waals surface area (Å²) in [5.41, 5.74) is 2.16. The van der Waals surface area contributed by atoms with E-state index in [1.165, 1.54) is 25.7 Å². The van der Waals surface area contributed by atoms with E-state index in [1.54, 1.807) is 12.5 Å². The Kier molecular flexibility index (Phi) is 7.71. The number of nitrogens with zero attached hydrogens (tertiary/aromatic N) is 2. The van der Waals surface area contributed by atoms with Crippen molar-refractivity contribution in [2.75, 3.05) is 0 Å². The van der Waals surface area contributed by atoms with Gasteiger partial charge in [0.25, 0.3) is 0 Å². The second kappa shape index (κ2) is 9.58. The van der Waals surface area contributed by atoms with Gasteiger partial charge in [-0.05, 0) is 49.8 Å². The zero-order valence-electron chi connectivity index (χ0n) is 15.5. The zero-order valence-corrected chi connectivity index (χ0v) is 17.1. The van der Waals surface area contributed by atoms with Gasteiger partial charge in [0.2, 0.25) is 5.91 Å². The Morgan fingerprint density at radius 2 is 2.11 bits per heavy atom. The number of fused-ring (bicyclic) bond motifs is 1.